The van der Waals surface area contributed by atoms with Crippen LogP contribution in [0.2, 0.25) is 0 Å². The molecule has 2 aromatic carbocycles. The molecule has 2 aromatic rings. The van der Waals surface area contributed by atoms with Gasteiger partial charge in [-0.2, -0.15) is 5.26 Å². The van der Waals surface area contributed by atoms with Crippen LogP contribution in [0, 0.1) is 11.3 Å². The van der Waals surface area contributed by atoms with Crippen molar-refractivity contribution in [2.24, 2.45) is 0 Å². The zero-order valence-electron chi connectivity index (χ0n) is 14.1. The predicted octanol–water partition coefficient (Wildman–Crippen LogP) is 4.24. The molecule has 0 aliphatic carbocycles. The fraction of sp³-hybridized carbons (Fsp3) is 0.200. The van der Waals surface area contributed by atoms with Crippen molar-refractivity contribution in [3.8, 4) is 23.3 Å². The maximum atomic E-state index is 11.3. The molecule has 0 heterocycles. The van der Waals surface area contributed by atoms with E-state index in [1.807, 2.05) is 6.92 Å². The fourth-order valence-corrected chi connectivity index (χ4v) is 1.98. The van der Waals surface area contributed by atoms with Gasteiger partial charge in [-0.1, -0.05) is 0 Å². The largest absolute Gasteiger partial charge is 0.487 e. The van der Waals surface area contributed by atoms with Gasteiger partial charge in [0.25, 0.3) is 0 Å². The van der Waals surface area contributed by atoms with E-state index in [1.165, 1.54) is 6.08 Å². The summed E-state index contributed by atoms with van der Waals surface area (Å²) in [4.78, 5) is 11.3. The zero-order chi connectivity index (χ0) is 18.1. The summed E-state index contributed by atoms with van der Waals surface area (Å²) < 4.78 is 16.2. The van der Waals surface area contributed by atoms with Crippen LogP contribution >= 0.6 is 0 Å². The minimum Gasteiger partial charge on any atom is -0.487 e. The van der Waals surface area contributed by atoms with Gasteiger partial charge in [0.05, 0.1) is 18.2 Å². The van der Waals surface area contributed by atoms with Crippen LogP contribution in [0.1, 0.15) is 19.4 Å². The first kappa shape index (κ1) is 18.1. The Hall–Kier alpha value is -3.26. The Balaban J connectivity index is 1.90. The number of hydrogen-bond acceptors (Lipinski definition) is 5. The van der Waals surface area contributed by atoms with Crippen LogP contribution < -0.4 is 9.47 Å². The maximum Gasteiger partial charge on any atom is 0.330 e. The molecule has 2 rings (SSSR count). The number of carbonyl (C=O) groups excluding carboxylic acids is 1. The molecule has 0 amide bonds. The average molecular weight is 337 g/mol. The molecule has 0 N–H and O–H groups in total. The smallest absolute Gasteiger partial charge is 0.330 e. The summed E-state index contributed by atoms with van der Waals surface area (Å²) in [5.41, 5.74) is 0.584. The molecule has 0 spiro atoms. The summed E-state index contributed by atoms with van der Waals surface area (Å²) in [5.74, 6) is 1.59. The quantitative estimate of drug-likeness (QED) is 0.558. The molecular weight excluding hydrogens is 318 g/mol. The molecule has 5 nitrogen and oxygen atoms in total. The molecule has 5 heteroatoms. The summed E-state index contributed by atoms with van der Waals surface area (Å²) in [5, 5.41) is 8.78. The number of esters is 1. The van der Waals surface area contributed by atoms with E-state index < -0.39 is 0 Å². The minimum atomic E-state index is -0.385. The Morgan fingerprint density at radius 2 is 1.64 bits per heavy atom. The normalized spacial score (nSPS) is 11.6. The van der Waals surface area contributed by atoms with Gasteiger partial charge in [-0.3, -0.25) is 0 Å². The molecule has 0 aromatic heterocycles. The number of carbonyl (C=O) groups is 1. The third-order valence-electron chi connectivity index (χ3n) is 3.15. The second-order valence-electron chi connectivity index (χ2n) is 5.14. The van der Waals surface area contributed by atoms with Crippen LogP contribution in [0.15, 0.2) is 60.7 Å². The van der Waals surface area contributed by atoms with Crippen molar-refractivity contribution in [2.75, 3.05) is 6.61 Å². The standard InChI is InChI=1S/C20H19NO4/c1-3-23-20(22)13-4-15(2)24-17-9-11-19(12-10-17)25-18-7-5-16(14-21)6-8-18/h4-13,15H,3H2,1-2H3. The third-order valence-corrected chi connectivity index (χ3v) is 3.15. The van der Waals surface area contributed by atoms with Crippen molar-refractivity contribution in [1.82, 2.24) is 0 Å². The van der Waals surface area contributed by atoms with Crippen molar-refractivity contribution >= 4 is 5.97 Å². The van der Waals surface area contributed by atoms with E-state index in [0.29, 0.717) is 29.4 Å². The minimum absolute atomic E-state index is 0.269. The third kappa shape index (κ3) is 6.04. The molecule has 1 atom stereocenters. The van der Waals surface area contributed by atoms with Gasteiger partial charge in [-0.25, -0.2) is 4.79 Å². The molecule has 1 unspecified atom stereocenters. The van der Waals surface area contributed by atoms with Crippen LogP contribution in [0.25, 0.3) is 0 Å². The average Bonchev–Trinajstić information content (AvgIpc) is 2.62. The van der Waals surface area contributed by atoms with Crippen molar-refractivity contribution in [3.05, 3.63) is 66.2 Å². The van der Waals surface area contributed by atoms with Crippen molar-refractivity contribution < 1.29 is 19.0 Å². The topological polar surface area (TPSA) is 68.6 Å². The Bertz CT molecular complexity index is 758. The van der Waals surface area contributed by atoms with E-state index in [2.05, 4.69) is 6.07 Å². The van der Waals surface area contributed by atoms with Gasteiger partial charge in [0.1, 0.15) is 23.4 Å². The van der Waals surface area contributed by atoms with Gasteiger partial charge in [0.2, 0.25) is 0 Å². The summed E-state index contributed by atoms with van der Waals surface area (Å²) in [6.45, 7) is 3.93. The van der Waals surface area contributed by atoms with E-state index in [-0.39, 0.29) is 12.1 Å². The van der Waals surface area contributed by atoms with Crippen molar-refractivity contribution in [2.45, 2.75) is 20.0 Å². The molecule has 128 valence electrons. The lowest BCUT2D eigenvalue weighted by atomic mass is 10.2. The SMILES string of the molecule is CCOC(=O)C=CC(C)Oc1ccc(Oc2ccc(C#N)cc2)cc1. The molecule has 0 fully saturated rings. The van der Waals surface area contributed by atoms with Crippen LogP contribution in [-0.2, 0) is 9.53 Å². The van der Waals surface area contributed by atoms with E-state index >= 15 is 0 Å². The van der Waals surface area contributed by atoms with E-state index in [1.54, 1.807) is 61.5 Å². The Kier molecular flexibility index (Phi) is 6.61. The molecule has 0 saturated heterocycles. The van der Waals surface area contributed by atoms with E-state index in [9.17, 15) is 4.79 Å². The number of hydrogen-bond donors (Lipinski definition) is 0. The summed E-state index contributed by atoms with van der Waals surface area (Å²) >= 11 is 0. The fourth-order valence-electron chi connectivity index (χ4n) is 1.98. The van der Waals surface area contributed by atoms with Crippen LogP contribution in [0.5, 0.6) is 17.2 Å². The first-order chi connectivity index (χ1) is 12.1. The van der Waals surface area contributed by atoms with Gasteiger partial charge in [0, 0.05) is 6.08 Å². The molecule has 25 heavy (non-hydrogen) atoms. The Morgan fingerprint density at radius 1 is 1.08 bits per heavy atom. The number of rotatable bonds is 7. The highest BCUT2D eigenvalue weighted by molar-refractivity contribution is 5.81. The van der Waals surface area contributed by atoms with Crippen molar-refractivity contribution in [1.29, 1.82) is 5.26 Å². The molecule has 0 bridgehead atoms. The molecule has 0 radical (unpaired) electrons. The van der Waals surface area contributed by atoms with Crippen molar-refractivity contribution in [3.63, 3.8) is 0 Å². The van der Waals surface area contributed by atoms with Gasteiger partial charge >= 0.3 is 5.97 Å². The van der Waals surface area contributed by atoms with Crippen LogP contribution in [0.4, 0.5) is 0 Å². The highest BCUT2D eigenvalue weighted by Crippen LogP contribution is 2.24. The molecular formula is C20H19NO4. The molecule has 0 saturated carbocycles. The maximum absolute atomic E-state index is 11.3. The van der Waals surface area contributed by atoms with E-state index in [0.717, 1.165) is 0 Å². The lowest BCUT2D eigenvalue weighted by molar-refractivity contribution is -0.137. The predicted molar refractivity (Wildman–Crippen MR) is 93.5 cm³/mol. The summed E-state index contributed by atoms with van der Waals surface area (Å²) in [6, 6.07) is 16.1. The second kappa shape index (κ2) is 9.14. The molecule has 0 aliphatic rings. The van der Waals surface area contributed by atoms with Gasteiger partial charge in [-0.05, 0) is 68.5 Å². The van der Waals surface area contributed by atoms with E-state index in [4.69, 9.17) is 19.5 Å². The zero-order valence-corrected chi connectivity index (χ0v) is 14.1. The Labute approximate surface area is 147 Å². The highest BCUT2D eigenvalue weighted by atomic mass is 16.5. The first-order valence-electron chi connectivity index (χ1n) is 7.90. The van der Waals surface area contributed by atoms with Crippen LogP contribution in [0.3, 0.4) is 0 Å². The second-order valence-corrected chi connectivity index (χ2v) is 5.14. The number of ether oxygens (including phenoxy) is 3. The first-order valence-corrected chi connectivity index (χ1v) is 7.90. The lowest BCUT2D eigenvalue weighted by Crippen LogP contribution is -2.09. The number of nitrogens with zero attached hydrogens (tertiary/aromatic N) is 1. The number of benzene rings is 2. The van der Waals surface area contributed by atoms with Gasteiger partial charge < -0.3 is 14.2 Å². The monoisotopic (exact) mass is 337 g/mol. The van der Waals surface area contributed by atoms with Gasteiger partial charge in [-0.15, -0.1) is 0 Å². The summed E-state index contributed by atoms with van der Waals surface area (Å²) in [6.07, 6.45) is 2.73. The highest BCUT2D eigenvalue weighted by Gasteiger charge is 2.03. The number of nitriles is 1. The van der Waals surface area contributed by atoms with Gasteiger partial charge in [0.15, 0.2) is 0 Å². The summed E-state index contributed by atoms with van der Waals surface area (Å²) in [7, 11) is 0. The Morgan fingerprint density at radius 3 is 2.20 bits per heavy atom. The lowest BCUT2D eigenvalue weighted by Gasteiger charge is -2.12. The molecule has 0 aliphatic heterocycles. The van der Waals surface area contributed by atoms with Crippen LogP contribution in [-0.4, -0.2) is 18.7 Å².